The molecule has 0 unspecified atom stereocenters. The zero-order valence-corrected chi connectivity index (χ0v) is 9.55. The van der Waals surface area contributed by atoms with Gasteiger partial charge in [0.1, 0.15) is 0 Å². The lowest BCUT2D eigenvalue weighted by molar-refractivity contribution is -0.104. The third-order valence-electron chi connectivity index (χ3n) is 2.01. The maximum Gasteiger partial charge on any atom is 0.225 e. The van der Waals surface area contributed by atoms with Crippen LogP contribution in [0, 0.1) is 0 Å². The number of ketones is 1. The highest BCUT2D eigenvalue weighted by atomic mass is 32.2. The van der Waals surface area contributed by atoms with Gasteiger partial charge in [-0.25, -0.2) is 0 Å². The topological polar surface area (TPSA) is 34.1 Å². The molecule has 0 heterocycles. The van der Waals surface area contributed by atoms with Gasteiger partial charge in [-0.3, -0.25) is 9.59 Å². The van der Waals surface area contributed by atoms with Gasteiger partial charge in [0.15, 0.2) is 6.29 Å². The quantitative estimate of drug-likeness (QED) is 0.244. The van der Waals surface area contributed by atoms with E-state index in [0.29, 0.717) is 11.8 Å². The van der Waals surface area contributed by atoms with Crippen LogP contribution in [-0.4, -0.2) is 17.8 Å². The number of benzene rings is 1. The summed E-state index contributed by atoms with van der Waals surface area (Å²) in [7, 11) is 0. The molecule has 1 rings (SSSR count). The summed E-state index contributed by atoms with van der Waals surface area (Å²) in [5.41, 5.74) is 0.463. The molecule has 1 aromatic rings. The van der Waals surface area contributed by atoms with E-state index >= 15 is 0 Å². The van der Waals surface area contributed by atoms with Crippen molar-refractivity contribution >= 4 is 23.8 Å². The minimum Gasteiger partial charge on any atom is -0.294 e. The fraction of sp³-hybridized carbons (Fsp3) is 0.333. The van der Waals surface area contributed by atoms with E-state index in [1.54, 1.807) is 23.9 Å². The number of hydrogen-bond donors (Lipinski definition) is 0. The predicted octanol–water partition coefficient (Wildman–Crippen LogP) is 2.96. The van der Waals surface area contributed by atoms with Crippen LogP contribution in [0.2, 0.25) is 0 Å². The van der Waals surface area contributed by atoms with Gasteiger partial charge in [0.2, 0.25) is 5.78 Å². The smallest absolute Gasteiger partial charge is 0.225 e. The lowest BCUT2D eigenvalue weighted by atomic mass is 10.1. The molecule has 2 nitrogen and oxygen atoms in total. The van der Waals surface area contributed by atoms with E-state index in [2.05, 4.69) is 6.92 Å². The summed E-state index contributed by atoms with van der Waals surface area (Å²) in [6, 6.07) is 7.17. The molecule has 0 saturated carbocycles. The molecule has 0 aliphatic rings. The fourth-order valence-corrected chi connectivity index (χ4v) is 2.12. The number of carbonyl (C=O) groups excluding carboxylic acids is 2. The Kier molecular flexibility index (Phi) is 5.12. The average Bonchev–Trinajstić information content (AvgIpc) is 2.29. The summed E-state index contributed by atoms with van der Waals surface area (Å²) in [4.78, 5) is 22.4. The van der Waals surface area contributed by atoms with E-state index in [4.69, 9.17) is 0 Å². The molecular formula is C12H14O2S. The second-order valence-corrected chi connectivity index (χ2v) is 4.38. The van der Waals surface area contributed by atoms with Crippen LogP contribution in [0.15, 0.2) is 29.2 Å². The summed E-state index contributed by atoms with van der Waals surface area (Å²) < 4.78 is 0. The van der Waals surface area contributed by atoms with Gasteiger partial charge in [0.25, 0.3) is 0 Å². The number of unbranched alkanes of at least 4 members (excludes halogenated alkanes) is 1. The lowest BCUT2D eigenvalue weighted by Crippen LogP contribution is -1.98. The number of thioether (sulfide) groups is 1. The van der Waals surface area contributed by atoms with Crippen LogP contribution in [0.25, 0.3) is 0 Å². The number of hydrogen-bond acceptors (Lipinski definition) is 3. The Labute approximate surface area is 94.1 Å². The normalized spacial score (nSPS) is 9.93. The summed E-state index contributed by atoms with van der Waals surface area (Å²) in [5.74, 6) is 0.636. The lowest BCUT2D eigenvalue weighted by Gasteiger charge is -2.00. The standard InChI is InChI=1S/C12H14O2S/c1-2-3-8-15-11-6-4-10(5-7-11)12(14)9-13/h4-7,9H,2-3,8H2,1H3. The Bertz CT molecular complexity index is 330. The zero-order chi connectivity index (χ0) is 11.1. The second-order valence-electron chi connectivity index (χ2n) is 3.21. The minimum absolute atomic E-state index is 0.346. The molecule has 3 heteroatoms. The molecule has 0 spiro atoms. The molecular weight excluding hydrogens is 208 g/mol. The van der Waals surface area contributed by atoms with Crippen molar-refractivity contribution in [3.63, 3.8) is 0 Å². The molecule has 0 radical (unpaired) electrons. The Hall–Kier alpha value is -1.09. The molecule has 0 aromatic heterocycles. The van der Waals surface area contributed by atoms with Crippen LogP contribution in [0.3, 0.4) is 0 Å². The third-order valence-corrected chi connectivity index (χ3v) is 3.11. The number of aldehydes is 1. The Morgan fingerprint density at radius 3 is 2.53 bits per heavy atom. The van der Waals surface area contributed by atoms with Crippen LogP contribution in [0.4, 0.5) is 0 Å². The molecule has 0 bridgehead atoms. The van der Waals surface area contributed by atoms with E-state index in [-0.39, 0.29) is 0 Å². The molecule has 15 heavy (non-hydrogen) atoms. The van der Waals surface area contributed by atoms with Crippen molar-refractivity contribution < 1.29 is 9.59 Å². The largest absolute Gasteiger partial charge is 0.294 e. The zero-order valence-electron chi connectivity index (χ0n) is 8.73. The number of Topliss-reactive ketones (excluding diaryl/α,β-unsaturated/α-hetero) is 1. The van der Waals surface area contributed by atoms with Gasteiger partial charge in [-0.1, -0.05) is 13.3 Å². The van der Waals surface area contributed by atoms with Gasteiger partial charge in [0.05, 0.1) is 0 Å². The van der Waals surface area contributed by atoms with E-state index in [9.17, 15) is 9.59 Å². The first-order valence-electron chi connectivity index (χ1n) is 5.00. The van der Waals surface area contributed by atoms with Crippen molar-refractivity contribution in [2.24, 2.45) is 0 Å². The number of carbonyl (C=O) groups is 2. The van der Waals surface area contributed by atoms with Gasteiger partial charge in [-0.05, 0) is 36.4 Å². The van der Waals surface area contributed by atoms with Crippen molar-refractivity contribution in [3.05, 3.63) is 29.8 Å². The van der Waals surface area contributed by atoms with E-state index in [1.807, 2.05) is 12.1 Å². The van der Waals surface area contributed by atoms with Gasteiger partial charge in [-0.15, -0.1) is 11.8 Å². The monoisotopic (exact) mass is 222 g/mol. The van der Waals surface area contributed by atoms with Crippen LogP contribution >= 0.6 is 11.8 Å². The minimum atomic E-state index is -0.458. The maximum absolute atomic E-state index is 11.0. The van der Waals surface area contributed by atoms with E-state index in [1.165, 1.54) is 12.8 Å². The Morgan fingerprint density at radius 1 is 1.33 bits per heavy atom. The van der Waals surface area contributed by atoms with E-state index < -0.39 is 5.78 Å². The average molecular weight is 222 g/mol. The molecule has 1 aromatic carbocycles. The van der Waals surface area contributed by atoms with Gasteiger partial charge in [-0.2, -0.15) is 0 Å². The highest BCUT2D eigenvalue weighted by Gasteiger charge is 2.02. The van der Waals surface area contributed by atoms with Crippen LogP contribution in [-0.2, 0) is 4.79 Å². The summed E-state index contributed by atoms with van der Waals surface area (Å²) in [6.45, 7) is 2.16. The van der Waals surface area contributed by atoms with Gasteiger partial charge in [0, 0.05) is 10.5 Å². The molecule has 0 aliphatic carbocycles. The van der Waals surface area contributed by atoms with Crippen molar-refractivity contribution in [2.45, 2.75) is 24.7 Å². The van der Waals surface area contributed by atoms with E-state index in [0.717, 1.165) is 10.6 Å². The van der Waals surface area contributed by atoms with Crippen LogP contribution < -0.4 is 0 Å². The Balaban J connectivity index is 2.56. The van der Waals surface area contributed by atoms with Gasteiger partial charge < -0.3 is 0 Å². The second kappa shape index (κ2) is 6.40. The Morgan fingerprint density at radius 2 is 2.00 bits per heavy atom. The first-order chi connectivity index (χ1) is 7.27. The van der Waals surface area contributed by atoms with Crippen LogP contribution in [0.5, 0.6) is 0 Å². The molecule has 0 N–H and O–H groups in total. The van der Waals surface area contributed by atoms with Crippen molar-refractivity contribution in [3.8, 4) is 0 Å². The molecule has 80 valence electrons. The summed E-state index contributed by atoms with van der Waals surface area (Å²) >= 11 is 1.77. The van der Waals surface area contributed by atoms with Crippen LogP contribution in [0.1, 0.15) is 30.1 Å². The molecule has 0 amide bonds. The first-order valence-corrected chi connectivity index (χ1v) is 5.99. The molecule has 0 aliphatic heterocycles. The summed E-state index contributed by atoms with van der Waals surface area (Å²) in [5, 5.41) is 0. The fourth-order valence-electron chi connectivity index (χ4n) is 1.12. The molecule has 0 atom stereocenters. The predicted molar refractivity (Wildman–Crippen MR) is 62.5 cm³/mol. The number of rotatable bonds is 6. The highest BCUT2D eigenvalue weighted by molar-refractivity contribution is 7.99. The maximum atomic E-state index is 11.0. The first kappa shape index (κ1) is 12.0. The highest BCUT2D eigenvalue weighted by Crippen LogP contribution is 2.19. The summed E-state index contributed by atoms with van der Waals surface area (Å²) in [6.07, 6.45) is 2.73. The van der Waals surface area contributed by atoms with Crippen molar-refractivity contribution in [1.82, 2.24) is 0 Å². The molecule has 0 fully saturated rings. The van der Waals surface area contributed by atoms with Crippen molar-refractivity contribution in [2.75, 3.05) is 5.75 Å². The van der Waals surface area contributed by atoms with Gasteiger partial charge >= 0.3 is 0 Å². The third kappa shape index (κ3) is 3.88. The molecule has 0 saturated heterocycles. The SMILES string of the molecule is CCCCSc1ccc(C(=O)C=O)cc1. The van der Waals surface area contributed by atoms with Crippen molar-refractivity contribution in [1.29, 1.82) is 0 Å².